The van der Waals surface area contributed by atoms with E-state index in [0.29, 0.717) is 17.2 Å². The Morgan fingerprint density at radius 3 is 2.35 bits per heavy atom. The molecule has 0 aliphatic carbocycles. The van der Waals surface area contributed by atoms with Crippen molar-refractivity contribution in [2.75, 3.05) is 6.61 Å². The summed E-state index contributed by atoms with van der Waals surface area (Å²) in [5, 5.41) is 2.41. The largest absolute Gasteiger partial charge is 0.484 e. The number of amides is 2. The van der Waals surface area contributed by atoms with Crippen LogP contribution in [0, 0.1) is 0 Å². The molecule has 0 bridgehead atoms. The Morgan fingerprint density at radius 2 is 1.73 bits per heavy atom. The molecule has 0 fully saturated rings. The zero-order valence-corrected chi connectivity index (χ0v) is 15.3. The number of hydrogen-bond acceptors (Lipinski definition) is 5. The second kappa shape index (κ2) is 9.47. The number of carbonyl (C=O) groups excluding carboxylic acids is 2. The number of benzene rings is 1. The standard InChI is InChI=1S/C18H20N4O3S/c1-12(2)13-3-5-15(6-4-13)25-11-16(23)21-22-18(26)20-17(24)14-7-9-19-10-8-14/h3-10,12H,11H2,1-2H3,(H,21,23)(H2,20,22,24,26). The Balaban J connectivity index is 1.71. The number of ether oxygens (including phenoxy) is 1. The summed E-state index contributed by atoms with van der Waals surface area (Å²) in [6.45, 7) is 4.02. The van der Waals surface area contributed by atoms with E-state index < -0.39 is 11.8 Å². The number of hydrazine groups is 1. The van der Waals surface area contributed by atoms with E-state index in [1.165, 1.54) is 18.0 Å². The molecule has 136 valence electrons. The molecule has 0 spiro atoms. The van der Waals surface area contributed by atoms with Crippen LogP contribution in [0.5, 0.6) is 5.75 Å². The van der Waals surface area contributed by atoms with E-state index in [0.717, 1.165) is 0 Å². The SMILES string of the molecule is CC(C)c1ccc(OCC(=O)NNC(=S)NC(=O)c2ccncc2)cc1. The summed E-state index contributed by atoms with van der Waals surface area (Å²) in [5.41, 5.74) is 6.40. The Bertz CT molecular complexity index is 764. The molecular formula is C18H20N4O3S. The number of carbonyl (C=O) groups is 2. The second-order valence-corrected chi connectivity index (χ2v) is 6.11. The van der Waals surface area contributed by atoms with E-state index in [1.54, 1.807) is 12.1 Å². The summed E-state index contributed by atoms with van der Waals surface area (Å²) in [5.74, 6) is 0.192. The summed E-state index contributed by atoms with van der Waals surface area (Å²) < 4.78 is 5.40. The number of hydrogen-bond donors (Lipinski definition) is 3. The van der Waals surface area contributed by atoms with Gasteiger partial charge in [0, 0.05) is 18.0 Å². The lowest BCUT2D eigenvalue weighted by molar-refractivity contribution is -0.123. The molecule has 0 atom stereocenters. The van der Waals surface area contributed by atoms with Crippen molar-refractivity contribution < 1.29 is 14.3 Å². The number of rotatable bonds is 5. The maximum Gasteiger partial charge on any atom is 0.276 e. The summed E-state index contributed by atoms with van der Waals surface area (Å²) in [6, 6.07) is 10.6. The van der Waals surface area contributed by atoms with Crippen molar-refractivity contribution in [3.8, 4) is 5.75 Å². The molecular weight excluding hydrogens is 352 g/mol. The van der Waals surface area contributed by atoms with Crippen molar-refractivity contribution in [1.29, 1.82) is 0 Å². The maximum absolute atomic E-state index is 11.9. The fourth-order valence-corrected chi connectivity index (χ4v) is 2.11. The molecule has 1 aromatic heterocycles. The minimum absolute atomic E-state index is 0.0264. The smallest absolute Gasteiger partial charge is 0.276 e. The molecule has 1 aromatic carbocycles. The third-order valence-corrected chi connectivity index (χ3v) is 3.61. The lowest BCUT2D eigenvalue weighted by Crippen LogP contribution is -2.49. The minimum atomic E-state index is -0.432. The van der Waals surface area contributed by atoms with Gasteiger partial charge < -0.3 is 4.74 Å². The van der Waals surface area contributed by atoms with Crippen LogP contribution in [0.2, 0.25) is 0 Å². The van der Waals surface area contributed by atoms with Gasteiger partial charge >= 0.3 is 0 Å². The highest BCUT2D eigenvalue weighted by Crippen LogP contribution is 2.18. The Kier molecular flexibility index (Phi) is 7.04. The predicted octanol–water partition coefficient (Wildman–Crippen LogP) is 1.92. The van der Waals surface area contributed by atoms with Crippen LogP contribution in [0.3, 0.4) is 0 Å². The van der Waals surface area contributed by atoms with Gasteiger partial charge in [-0.25, -0.2) is 0 Å². The topological polar surface area (TPSA) is 92.4 Å². The average molecular weight is 372 g/mol. The molecule has 8 heteroatoms. The van der Waals surface area contributed by atoms with Crippen LogP contribution in [-0.2, 0) is 4.79 Å². The first-order valence-electron chi connectivity index (χ1n) is 7.98. The molecule has 3 N–H and O–H groups in total. The maximum atomic E-state index is 11.9. The highest BCUT2D eigenvalue weighted by molar-refractivity contribution is 7.80. The van der Waals surface area contributed by atoms with E-state index in [9.17, 15) is 9.59 Å². The van der Waals surface area contributed by atoms with Gasteiger partial charge in [0.2, 0.25) is 0 Å². The van der Waals surface area contributed by atoms with Crippen LogP contribution in [0.1, 0.15) is 35.7 Å². The molecule has 2 rings (SSSR count). The van der Waals surface area contributed by atoms with E-state index >= 15 is 0 Å². The molecule has 0 saturated carbocycles. The second-order valence-electron chi connectivity index (χ2n) is 5.70. The van der Waals surface area contributed by atoms with Crippen LogP contribution in [-0.4, -0.2) is 28.5 Å². The van der Waals surface area contributed by atoms with Crippen LogP contribution in [0.15, 0.2) is 48.8 Å². The van der Waals surface area contributed by atoms with Crippen molar-refractivity contribution in [2.45, 2.75) is 19.8 Å². The first-order valence-corrected chi connectivity index (χ1v) is 8.39. The Hall–Kier alpha value is -3.00. The van der Waals surface area contributed by atoms with Gasteiger partial charge in [-0.15, -0.1) is 0 Å². The molecule has 0 aliphatic heterocycles. The quantitative estimate of drug-likeness (QED) is 0.549. The molecule has 7 nitrogen and oxygen atoms in total. The Morgan fingerprint density at radius 1 is 1.08 bits per heavy atom. The Labute approximate surface area is 157 Å². The average Bonchev–Trinajstić information content (AvgIpc) is 2.65. The van der Waals surface area contributed by atoms with Crippen LogP contribution >= 0.6 is 12.2 Å². The van der Waals surface area contributed by atoms with Gasteiger partial charge in [0.15, 0.2) is 11.7 Å². The van der Waals surface area contributed by atoms with E-state index in [1.807, 2.05) is 24.3 Å². The lowest BCUT2D eigenvalue weighted by atomic mass is 10.0. The first kappa shape index (κ1) is 19.3. The van der Waals surface area contributed by atoms with Crippen LogP contribution in [0.25, 0.3) is 0 Å². The van der Waals surface area contributed by atoms with E-state index in [2.05, 4.69) is 35.0 Å². The summed E-state index contributed by atoms with van der Waals surface area (Å²) >= 11 is 4.95. The van der Waals surface area contributed by atoms with Gasteiger partial charge in [0.1, 0.15) is 5.75 Å². The van der Waals surface area contributed by atoms with Gasteiger partial charge in [0.25, 0.3) is 11.8 Å². The number of pyridine rings is 1. The summed E-state index contributed by atoms with van der Waals surface area (Å²) in [7, 11) is 0. The highest BCUT2D eigenvalue weighted by atomic mass is 32.1. The zero-order chi connectivity index (χ0) is 18.9. The fourth-order valence-electron chi connectivity index (χ4n) is 1.97. The molecule has 26 heavy (non-hydrogen) atoms. The number of nitrogens with zero attached hydrogens (tertiary/aromatic N) is 1. The first-order chi connectivity index (χ1) is 12.5. The van der Waals surface area contributed by atoms with Gasteiger partial charge in [-0.2, -0.15) is 0 Å². The van der Waals surface area contributed by atoms with Crippen LogP contribution in [0.4, 0.5) is 0 Å². The van der Waals surface area contributed by atoms with Gasteiger partial charge in [0.05, 0.1) is 0 Å². The molecule has 2 aromatic rings. The fraction of sp³-hybridized carbons (Fsp3) is 0.222. The third kappa shape index (κ3) is 6.14. The van der Waals surface area contributed by atoms with Gasteiger partial charge in [-0.3, -0.25) is 30.7 Å². The molecule has 0 unspecified atom stereocenters. The van der Waals surface area contributed by atoms with Crippen LogP contribution < -0.4 is 20.9 Å². The number of aromatic nitrogens is 1. The van der Waals surface area contributed by atoms with Crippen molar-refractivity contribution >= 4 is 29.1 Å². The molecule has 0 radical (unpaired) electrons. The number of thiocarbonyl (C=S) groups is 1. The zero-order valence-electron chi connectivity index (χ0n) is 14.5. The highest BCUT2D eigenvalue weighted by Gasteiger charge is 2.08. The van der Waals surface area contributed by atoms with Crippen molar-refractivity contribution in [1.82, 2.24) is 21.2 Å². The molecule has 0 aliphatic rings. The molecule has 0 saturated heterocycles. The summed E-state index contributed by atoms with van der Waals surface area (Å²) in [4.78, 5) is 27.5. The van der Waals surface area contributed by atoms with E-state index in [-0.39, 0.29) is 11.7 Å². The van der Waals surface area contributed by atoms with Crippen molar-refractivity contribution in [2.24, 2.45) is 0 Å². The van der Waals surface area contributed by atoms with Gasteiger partial charge in [-0.05, 0) is 48.0 Å². The minimum Gasteiger partial charge on any atom is -0.484 e. The van der Waals surface area contributed by atoms with E-state index in [4.69, 9.17) is 17.0 Å². The number of nitrogens with one attached hydrogen (secondary N) is 3. The molecule has 2 amide bonds. The van der Waals surface area contributed by atoms with Gasteiger partial charge in [-0.1, -0.05) is 26.0 Å². The van der Waals surface area contributed by atoms with Crippen molar-refractivity contribution in [3.63, 3.8) is 0 Å². The van der Waals surface area contributed by atoms with Crippen molar-refractivity contribution in [3.05, 3.63) is 59.9 Å². The summed E-state index contributed by atoms with van der Waals surface area (Å²) in [6.07, 6.45) is 3.00. The third-order valence-electron chi connectivity index (χ3n) is 3.40. The monoisotopic (exact) mass is 372 g/mol. The normalized spacial score (nSPS) is 10.1. The molecule has 1 heterocycles. The predicted molar refractivity (Wildman–Crippen MR) is 102 cm³/mol. The lowest BCUT2D eigenvalue weighted by Gasteiger charge is -2.12.